The summed E-state index contributed by atoms with van der Waals surface area (Å²) < 4.78 is 57.2. The van der Waals surface area contributed by atoms with Gasteiger partial charge in [0.1, 0.15) is 17.0 Å². The number of aryl methyl sites for hydroxylation is 2. The van der Waals surface area contributed by atoms with Gasteiger partial charge in [-0.2, -0.15) is 4.39 Å². The van der Waals surface area contributed by atoms with Crippen LogP contribution < -0.4 is 9.21 Å². The Morgan fingerprint density at radius 3 is 2.50 bits per heavy atom. The summed E-state index contributed by atoms with van der Waals surface area (Å²) >= 11 is 3.65. The predicted molar refractivity (Wildman–Crippen MR) is 136 cm³/mol. The van der Waals surface area contributed by atoms with Crippen LogP contribution in [0.5, 0.6) is 0 Å². The number of thiazole rings is 1. The molecule has 1 N–H and O–H groups in total. The minimum atomic E-state index is -4.60. The summed E-state index contributed by atoms with van der Waals surface area (Å²) in [5.41, 5.74) is 2.37. The summed E-state index contributed by atoms with van der Waals surface area (Å²) in [5, 5.41) is 8.64. The van der Waals surface area contributed by atoms with Gasteiger partial charge in [0.25, 0.3) is 10.0 Å². The number of sulfonamides is 1. The van der Waals surface area contributed by atoms with Crippen molar-refractivity contribution in [1.29, 1.82) is 0 Å². The molecular weight excluding hydrogens is 580 g/mol. The zero-order valence-corrected chi connectivity index (χ0v) is 22.5. The van der Waals surface area contributed by atoms with Crippen LogP contribution in [0.3, 0.4) is 0 Å². The summed E-state index contributed by atoms with van der Waals surface area (Å²) in [6.07, 6.45) is 0.419. The van der Waals surface area contributed by atoms with Gasteiger partial charge in [-0.3, -0.25) is 4.90 Å². The number of aldehydes is 1. The average molecular weight is 602 g/mol. The van der Waals surface area contributed by atoms with Gasteiger partial charge in [0, 0.05) is 23.5 Å². The molecule has 0 aliphatic rings. The third-order valence-corrected chi connectivity index (χ3v) is 8.68. The van der Waals surface area contributed by atoms with E-state index in [0.717, 1.165) is 38.7 Å². The standard InChI is InChI=1S/C23H22BrF2N3O5S2/c1-14-5-6-16(9-15(14)2)13-29(22-27-12-21(26)35-22)36(33,34)20-10-17(24)19(11-18(20)25)28(23(31)32)7-3-4-8-30/h5-6,8-12H,3-4,7,13H2,1-2H3,(H,31,32). The predicted octanol–water partition coefficient (Wildman–Crippen LogP) is 5.66. The highest BCUT2D eigenvalue weighted by Crippen LogP contribution is 2.36. The molecule has 13 heteroatoms. The lowest BCUT2D eigenvalue weighted by Gasteiger charge is -2.24. The lowest BCUT2D eigenvalue weighted by Crippen LogP contribution is -2.32. The highest BCUT2D eigenvalue weighted by Gasteiger charge is 2.32. The van der Waals surface area contributed by atoms with E-state index in [-0.39, 0.29) is 41.2 Å². The summed E-state index contributed by atoms with van der Waals surface area (Å²) in [7, 11) is -4.60. The number of carboxylic acid groups (broad SMARTS) is 1. The molecule has 3 aromatic rings. The monoisotopic (exact) mass is 601 g/mol. The summed E-state index contributed by atoms with van der Waals surface area (Å²) in [6, 6.07) is 7.07. The molecule has 1 aromatic heterocycles. The van der Waals surface area contributed by atoms with Crippen LogP contribution >= 0.6 is 27.3 Å². The minimum absolute atomic E-state index is 0.00688. The van der Waals surface area contributed by atoms with Crippen LogP contribution in [0.15, 0.2) is 45.9 Å². The van der Waals surface area contributed by atoms with Crippen molar-refractivity contribution >= 4 is 60.5 Å². The smallest absolute Gasteiger partial charge is 0.411 e. The van der Waals surface area contributed by atoms with Gasteiger partial charge in [0.15, 0.2) is 5.13 Å². The van der Waals surface area contributed by atoms with Crippen molar-refractivity contribution in [3.8, 4) is 0 Å². The van der Waals surface area contributed by atoms with Gasteiger partial charge in [0.05, 0.1) is 18.4 Å². The van der Waals surface area contributed by atoms with Crippen LogP contribution in [-0.4, -0.2) is 37.4 Å². The van der Waals surface area contributed by atoms with E-state index in [1.54, 1.807) is 12.1 Å². The Labute approximate surface area is 219 Å². The fraction of sp³-hybridized carbons (Fsp3) is 0.261. The second kappa shape index (κ2) is 11.4. The van der Waals surface area contributed by atoms with E-state index in [2.05, 4.69) is 20.9 Å². The largest absolute Gasteiger partial charge is 0.465 e. The second-order valence-electron chi connectivity index (χ2n) is 7.85. The van der Waals surface area contributed by atoms with E-state index in [1.807, 2.05) is 19.9 Å². The Hall–Kier alpha value is -2.90. The van der Waals surface area contributed by atoms with Gasteiger partial charge in [-0.15, -0.1) is 0 Å². The van der Waals surface area contributed by atoms with E-state index in [9.17, 15) is 27.5 Å². The van der Waals surface area contributed by atoms with E-state index in [1.165, 1.54) is 0 Å². The van der Waals surface area contributed by atoms with Gasteiger partial charge in [-0.1, -0.05) is 29.5 Å². The maximum Gasteiger partial charge on any atom is 0.411 e. The van der Waals surface area contributed by atoms with Crippen LogP contribution in [0.1, 0.15) is 29.5 Å². The number of aromatic nitrogens is 1. The first-order valence-corrected chi connectivity index (χ1v) is 13.6. The first kappa shape index (κ1) is 27.7. The van der Waals surface area contributed by atoms with Crippen molar-refractivity contribution < 1.29 is 31.9 Å². The first-order chi connectivity index (χ1) is 16.9. The first-order valence-electron chi connectivity index (χ1n) is 10.6. The van der Waals surface area contributed by atoms with Crippen LogP contribution in [-0.2, 0) is 21.4 Å². The number of benzene rings is 2. The zero-order chi connectivity index (χ0) is 26.6. The molecule has 0 aliphatic carbocycles. The number of nitrogens with zero attached hydrogens (tertiary/aromatic N) is 3. The van der Waals surface area contributed by atoms with Crippen molar-refractivity contribution in [2.45, 2.75) is 38.1 Å². The molecule has 0 radical (unpaired) electrons. The molecule has 0 fully saturated rings. The molecule has 0 bridgehead atoms. The van der Waals surface area contributed by atoms with E-state index < -0.39 is 32.0 Å². The van der Waals surface area contributed by atoms with Gasteiger partial charge >= 0.3 is 6.09 Å². The maximum absolute atomic E-state index is 15.3. The molecule has 0 aliphatic heterocycles. The van der Waals surface area contributed by atoms with Crippen LogP contribution in [0.25, 0.3) is 0 Å². The third kappa shape index (κ3) is 6.08. The number of carbonyl (C=O) groups excluding carboxylic acids is 1. The molecule has 0 spiro atoms. The normalized spacial score (nSPS) is 11.4. The number of rotatable bonds is 10. The quantitative estimate of drug-likeness (QED) is 0.237. The Kier molecular flexibility index (Phi) is 8.80. The van der Waals surface area contributed by atoms with Gasteiger partial charge < -0.3 is 9.90 Å². The Morgan fingerprint density at radius 1 is 1.19 bits per heavy atom. The lowest BCUT2D eigenvalue weighted by molar-refractivity contribution is -0.107. The molecule has 1 amide bonds. The molecule has 0 saturated carbocycles. The number of halogens is 3. The maximum atomic E-state index is 15.3. The molecule has 2 aromatic carbocycles. The number of unbranched alkanes of at least 4 members (excludes halogenated alkanes) is 1. The Balaban J connectivity index is 2.07. The molecule has 0 saturated heterocycles. The fourth-order valence-corrected chi connectivity index (χ4v) is 6.43. The lowest BCUT2D eigenvalue weighted by atomic mass is 10.1. The van der Waals surface area contributed by atoms with Gasteiger partial charge in [-0.05, 0) is 59.0 Å². The van der Waals surface area contributed by atoms with Crippen molar-refractivity contribution in [3.63, 3.8) is 0 Å². The molecule has 1 heterocycles. The van der Waals surface area contributed by atoms with E-state index in [0.29, 0.717) is 23.2 Å². The Morgan fingerprint density at radius 2 is 1.92 bits per heavy atom. The van der Waals surface area contributed by atoms with Crippen LogP contribution in [0.4, 0.5) is 24.4 Å². The van der Waals surface area contributed by atoms with E-state index >= 15 is 4.39 Å². The van der Waals surface area contributed by atoms with Crippen molar-refractivity contribution in [1.82, 2.24) is 4.98 Å². The molecule has 192 valence electrons. The topological polar surface area (TPSA) is 108 Å². The second-order valence-corrected chi connectivity index (χ2v) is 11.5. The van der Waals surface area contributed by atoms with Crippen LogP contribution in [0, 0.1) is 24.8 Å². The van der Waals surface area contributed by atoms with Crippen molar-refractivity contribution in [2.24, 2.45) is 0 Å². The van der Waals surface area contributed by atoms with Crippen molar-refractivity contribution in [2.75, 3.05) is 15.7 Å². The summed E-state index contributed by atoms with van der Waals surface area (Å²) in [4.78, 5) is 26.2. The van der Waals surface area contributed by atoms with Crippen LogP contribution in [0.2, 0.25) is 0 Å². The molecule has 36 heavy (non-hydrogen) atoms. The number of carbonyl (C=O) groups is 2. The number of anilines is 2. The molecule has 3 rings (SSSR count). The third-order valence-electron chi connectivity index (χ3n) is 5.37. The minimum Gasteiger partial charge on any atom is -0.465 e. The van der Waals surface area contributed by atoms with Gasteiger partial charge in [0.2, 0.25) is 5.13 Å². The highest BCUT2D eigenvalue weighted by molar-refractivity contribution is 9.10. The molecule has 8 nitrogen and oxygen atoms in total. The molecule has 0 unspecified atom stereocenters. The zero-order valence-electron chi connectivity index (χ0n) is 19.2. The number of hydrogen-bond donors (Lipinski definition) is 1. The fourth-order valence-electron chi connectivity index (χ4n) is 3.38. The number of hydrogen-bond acceptors (Lipinski definition) is 6. The SMILES string of the molecule is Cc1ccc(CN(c2ncc(F)s2)S(=O)(=O)c2cc(Br)c(N(CCCC=O)C(=O)O)cc2F)cc1C. The van der Waals surface area contributed by atoms with Crippen molar-refractivity contribution in [3.05, 3.63) is 68.6 Å². The molecule has 0 atom stereocenters. The number of amides is 1. The van der Waals surface area contributed by atoms with Gasteiger partial charge in [-0.25, -0.2) is 26.9 Å². The average Bonchev–Trinajstić information content (AvgIpc) is 3.24. The summed E-state index contributed by atoms with van der Waals surface area (Å²) in [6.45, 7) is 3.43. The Bertz CT molecular complexity index is 1400. The summed E-state index contributed by atoms with van der Waals surface area (Å²) in [5.74, 6) is -1.20. The highest BCUT2D eigenvalue weighted by atomic mass is 79.9. The molecular formula is C23H22BrF2N3O5S2. The van der Waals surface area contributed by atoms with E-state index in [4.69, 9.17) is 0 Å².